The van der Waals surface area contributed by atoms with Gasteiger partial charge >= 0.3 is 0 Å². The summed E-state index contributed by atoms with van der Waals surface area (Å²) in [6.07, 6.45) is 5.75. The molecule has 0 fully saturated rings. The van der Waals surface area contributed by atoms with Crippen LogP contribution in [0.1, 0.15) is 38.8 Å². The summed E-state index contributed by atoms with van der Waals surface area (Å²) >= 11 is 0. The van der Waals surface area contributed by atoms with E-state index in [1.54, 1.807) is 7.11 Å². The van der Waals surface area contributed by atoms with Gasteiger partial charge in [-0.15, -0.1) is 0 Å². The molecule has 17 heavy (non-hydrogen) atoms. The molecule has 0 spiro atoms. The van der Waals surface area contributed by atoms with Crippen LogP contribution >= 0.6 is 0 Å². The van der Waals surface area contributed by atoms with E-state index in [1.165, 1.54) is 19.3 Å². The van der Waals surface area contributed by atoms with Gasteiger partial charge in [-0.05, 0) is 20.3 Å². The second-order valence-corrected chi connectivity index (χ2v) is 4.58. The lowest BCUT2D eigenvalue weighted by Crippen LogP contribution is -2.19. The maximum Gasteiger partial charge on any atom is 0.203 e. The molecule has 4 nitrogen and oxygen atoms in total. The van der Waals surface area contributed by atoms with E-state index < -0.39 is 0 Å². The number of methoxy groups -OCH3 is 1. The van der Waals surface area contributed by atoms with Crippen LogP contribution < -0.4 is 5.32 Å². The summed E-state index contributed by atoms with van der Waals surface area (Å²) in [5.74, 6) is 0.961. The van der Waals surface area contributed by atoms with Crippen molar-refractivity contribution in [2.45, 2.75) is 52.6 Å². The molecule has 4 heteroatoms. The first-order chi connectivity index (χ1) is 8.17. The molecular formula is C13H25N3O. The van der Waals surface area contributed by atoms with Gasteiger partial charge in [0.25, 0.3) is 0 Å². The highest BCUT2D eigenvalue weighted by molar-refractivity contribution is 5.29. The van der Waals surface area contributed by atoms with Crippen molar-refractivity contribution < 1.29 is 4.74 Å². The zero-order chi connectivity index (χ0) is 12.7. The highest BCUT2D eigenvalue weighted by Crippen LogP contribution is 2.12. The predicted octanol–water partition coefficient (Wildman–Crippen LogP) is 2.83. The van der Waals surface area contributed by atoms with Gasteiger partial charge in [-0.3, -0.25) is 0 Å². The van der Waals surface area contributed by atoms with Gasteiger partial charge in [0.1, 0.15) is 0 Å². The molecule has 0 aliphatic carbocycles. The van der Waals surface area contributed by atoms with Gasteiger partial charge < -0.3 is 14.6 Å². The van der Waals surface area contributed by atoms with Crippen LogP contribution in [0.15, 0.2) is 6.20 Å². The smallest absolute Gasteiger partial charge is 0.203 e. The zero-order valence-corrected chi connectivity index (χ0v) is 11.5. The summed E-state index contributed by atoms with van der Waals surface area (Å²) in [6, 6.07) is 0.470. The standard InChI is InChI=1S/C13H25N3O/c1-5-6-7-11(2)14-13-15-12(3)10-16(13)8-9-17-4/h10-11H,5-9H2,1-4H3,(H,14,15). The van der Waals surface area contributed by atoms with E-state index in [-0.39, 0.29) is 0 Å². The van der Waals surface area contributed by atoms with Crippen molar-refractivity contribution in [3.05, 3.63) is 11.9 Å². The van der Waals surface area contributed by atoms with E-state index in [4.69, 9.17) is 4.74 Å². The minimum atomic E-state index is 0.470. The highest BCUT2D eigenvalue weighted by atomic mass is 16.5. The van der Waals surface area contributed by atoms with Crippen LogP contribution in [0.5, 0.6) is 0 Å². The Labute approximate surface area is 104 Å². The summed E-state index contributed by atoms with van der Waals surface area (Å²) in [7, 11) is 1.72. The topological polar surface area (TPSA) is 39.1 Å². The van der Waals surface area contributed by atoms with Crippen molar-refractivity contribution in [1.29, 1.82) is 0 Å². The number of hydrogen-bond acceptors (Lipinski definition) is 3. The molecule has 1 atom stereocenters. The molecule has 0 aliphatic rings. The number of nitrogens with zero attached hydrogens (tertiary/aromatic N) is 2. The van der Waals surface area contributed by atoms with Gasteiger partial charge in [0.2, 0.25) is 5.95 Å². The number of rotatable bonds is 8. The maximum absolute atomic E-state index is 5.10. The van der Waals surface area contributed by atoms with Crippen LogP contribution in [0.2, 0.25) is 0 Å². The Kier molecular flexibility index (Phi) is 6.05. The van der Waals surface area contributed by atoms with Gasteiger partial charge in [0, 0.05) is 25.9 Å². The third-order valence-corrected chi connectivity index (χ3v) is 2.80. The summed E-state index contributed by atoms with van der Waals surface area (Å²) in [4.78, 5) is 4.51. The van der Waals surface area contributed by atoms with Crippen molar-refractivity contribution in [3.63, 3.8) is 0 Å². The fourth-order valence-electron chi connectivity index (χ4n) is 1.82. The van der Waals surface area contributed by atoms with Gasteiger partial charge in [0.15, 0.2) is 0 Å². The first-order valence-electron chi connectivity index (χ1n) is 6.46. The molecule has 0 saturated heterocycles. The average Bonchev–Trinajstić information content (AvgIpc) is 2.64. The molecule has 0 saturated carbocycles. The Hall–Kier alpha value is -1.03. The largest absolute Gasteiger partial charge is 0.383 e. The first-order valence-corrected chi connectivity index (χ1v) is 6.46. The van der Waals surface area contributed by atoms with E-state index in [9.17, 15) is 0 Å². The predicted molar refractivity (Wildman–Crippen MR) is 71.4 cm³/mol. The third-order valence-electron chi connectivity index (χ3n) is 2.80. The fourth-order valence-corrected chi connectivity index (χ4v) is 1.82. The van der Waals surface area contributed by atoms with Crippen LogP contribution in [-0.2, 0) is 11.3 Å². The number of aryl methyl sites for hydroxylation is 1. The van der Waals surface area contributed by atoms with E-state index in [2.05, 4.69) is 34.9 Å². The van der Waals surface area contributed by atoms with E-state index in [0.29, 0.717) is 12.6 Å². The Balaban J connectivity index is 2.55. The lowest BCUT2D eigenvalue weighted by Gasteiger charge is -2.15. The molecule has 1 rings (SSSR count). The molecular weight excluding hydrogens is 214 g/mol. The Bertz CT molecular complexity index is 322. The fraction of sp³-hybridized carbons (Fsp3) is 0.769. The zero-order valence-electron chi connectivity index (χ0n) is 11.5. The molecule has 0 aliphatic heterocycles. The first kappa shape index (κ1) is 14.0. The lowest BCUT2D eigenvalue weighted by atomic mass is 10.1. The summed E-state index contributed by atoms with van der Waals surface area (Å²) in [5.41, 5.74) is 1.05. The number of hydrogen-bond donors (Lipinski definition) is 1. The Morgan fingerprint density at radius 2 is 2.29 bits per heavy atom. The molecule has 1 N–H and O–H groups in total. The molecule has 0 bridgehead atoms. The van der Waals surface area contributed by atoms with Gasteiger partial charge in [-0.1, -0.05) is 19.8 Å². The van der Waals surface area contributed by atoms with Crippen molar-refractivity contribution in [3.8, 4) is 0 Å². The summed E-state index contributed by atoms with van der Waals surface area (Å²) in [5, 5.41) is 3.47. The van der Waals surface area contributed by atoms with E-state index in [1.807, 2.05) is 6.92 Å². The molecule has 1 aromatic rings. The second kappa shape index (κ2) is 7.33. The summed E-state index contributed by atoms with van der Waals surface area (Å²) in [6.45, 7) is 8.01. The second-order valence-electron chi connectivity index (χ2n) is 4.58. The Morgan fingerprint density at radius 1 is 1.53 bits per heavy atom. The number of aromatic nitrogens is 2. The number of ether oxygens (including phenoxy) is 1. The molecule has 0 radical (unpaired) electrons. The number of nitrogens with one attached hydrogen (secondary N) is 1. The molecule has 1 aromatic heterocycles. The van der Waals surface area contributed by atoms with Crippen LogP contribution in [-0.4, -0.2) is 29.3 Å². The van der Waals surface area contributed by atoms with Crippen molar-refractivity contribution in [2.24, 2.45) is 0 Å². The van der Waals surface area contributed by atoms with Crippen molar-refractivity contribution in [2.75, 3.05) is 19.0 Å². The molecule has 1 heterocycles. The number of unbranched alkanes of at least 4 members (excludes halogenated alkanes) is 1. The van der Waals surface area contributed by atoms with Crippen LogP contribution in [0.4, 0.5) is 5.95 Å². The van der Waals surface area contributed by atoms with Crippen LogP contribution in [0.3, 0.4) is 0 Å². The molecule has 98 valence electrons. The molecule has 0 amide bonds. The number of imidazole rings is 1. The maximum atomic E-state index is 5.10. The lowest BCUT2D eigenvalue weighted by molar-refractivity contribution is 0.187. The van der Waals surface area contributed by atoms with Crippen LogP contribution in [0.25, 0.3) is 0 Å². The van der Waals surface area contributed by atoms with E-state index in [0.717, 1.165) is 18.2 Å². The minimum Gasteiger partial charge on any atom is -0.383 e. The van der Waals surface area contributed by atoms with Crippen LogP contribution in [0, 0.1) is 6.92 Å². The van der Waals surface area contributed by atoms with Gasteiger partial charge in [-0.25, -0.2) is 4.98 Å². The van der Waals surface area contributed by atoms with Crippen molar-refractivity contribution >= 4 is 5.95 Å². The SMILES string of the molecule is CCCCC(C)Nc1nc(C)cn1CCOC. The normalized spacial score (nSPS) is 12.7. The average molecular weight is 239 g/mol. The highest BCUT2D eigenvalue weighted by Gasteiger charge is 2.08. The Morgan fingerprint density at radius 3 is 2.94 bits per heavy atom. The third kappa shape index (κ3) is 4.77. The quantitative estimate of drug-likeness (QED) is 0.758. The van der Waals surface area contributed by atoms with Gasteiger partial charge in [-0.2, -0.15) is 0 Å². The van der Waals surface area contributed by atoms with E-state index >= 15 is 0 Å². The van der Waals surface area contributed by atoms with Gasteiger partial charge in [0.05, 0.1) is 12.3 Å². The monoisotopic (exact) mass is 239 g/mol. The minimum absolute atomic E-state index is 0.470. The molecule has 0 aromatic carbocycles. The number of anilines is 1. The summed E-state index contributed by atoms with van der Waals surface area (Å²) < 4.78 is 7.23. The van der Waals surface area contributed by atoms with Crippen molar-refractivity contribution in [1.82, 2.24) is 9.55 Å². The molecule has 1 unspecified atom stereocenters.